The largest absolute Gasteiger partial charge is 0.325 e. The van der Waals surface area contributed by atoms with Crippen molar-refractivity contribution in [3.63, 3.8) is 0 Å². The van der Waals surface area contributed by atoms with E-state index in [9.17, 15) is 13.2 Å². The second-order valence-corrected chi connectivity index (χ2v) is 9.53. The molecular weight excluding hydrogens is 444 g/mol. The third-order valence-electron chi connectivity index (χ3n) is 3.84. The number of benzene rings is 2. The predicted octanol–water partition coefficient (Wildman–Crippen LogP) is 4.28. The van der Waals surface area contributed by atoms with Crippen molar-refractivity contribution in [3.8, 4) is 0 Å². The first-order valence-corrected chi connectivity index (χ1v) is 11.7. The lowest BCUT2D eigenvalue weighted by Gasteiger charge is -2.10. The Kier molecular flexibility index (Phi) is 6.96. The van der Waals surface area contributed by atoms with Gasteiger partial charge in [0.25, 0.3) is 10.0 Å². The molecule has 30 heavy (non-hydrogen) atoms. The Morgan fingerprint density at radius 2 is 1.70 bits per heavy atom. The van der Waals surface area contributed by atoms with Crippen LogP contribution in [0.15, 0.2) is 64.4 Å². The zero-order valence-electron chi connectivity index (χ0n) is 16.2. The number of anilines is 2. The molecule has 3 rings (SSSR count). The van der Waals surface area contributed by atoms with Gasteiger partial charge < -0.3 is 5.32 Å². The summed E-state index contributed by atoms with van der Waals surface area (Å²) in [6.07, 6.45) is 0. The van der Waals surface area contributed by atoms with E-state index in [1.54, 1.807) is 32.0 Å². The number of aromatic nitrogens is 2. The van der Waals surface area contributed by atoms with Gasteiger partial charge in [-0.05, 0) is 62.4 Å². The first-order chi connectivity index (χ1) is 14.2. The number of thioether (sulfide) groups is 1. The second-order valence-electron chi connectivity index (χ2n) is 6.36. The average Bonchev–Trinajstić information content (AvgIpc) is 2.67. The molecule has 0 spiro atoms. The molecular formula is C20H19ClN4O3S2. The van der Waals surface area contributed by atoms with Gasteiger partial charge in [0.05, 0.1) is 10.6 Å². The van der Waals surface area contributed by atoms with Crippen molar-refractivity contribution >= 4 is 50.8 Å². The lowest BCUT2D eigenvalue weighted by atomic mass is 10.3. The average molecular weight is 463 g/mol. The van der Waals surface area contributed by atoms with E-state index in [0.717, 1.165) is 4.90 Å². The lowest BCUT2D eigenvalue weighted by Crippen LogP contribution is -2.16. The summed E-state index contributed by atoms with van der Waals surface area (Å²) in [6, 6.07) is 14.7. The topological polar surface area (TPSA) is 101 Å². The van der Waals surface area contributed by atoms with Gasteiger partial charge in [-0.2, -0.15) is 0 Å². The van der Waals surface area contributed by atoms with Crippen LogP contribution in [0.4, 0.5) is 11.5 Å². The Labute approximate surface area is 184 Å². The van der Waals surface area contributed by atoms with Crippen molar-refractivity contribution in [2.45, 2.75) is 23.6 Å². The van der Waals surface area contributed by atoms with Crippen molar-refractivity contribution in [2.24, 2.45) is 0 Å². The number of nitrogens with one attached hydrogen (secondary N) is 2. The quantitative estimate of drug-likeness (QED) is 0.508. The molecule has 0 unspecified atom stereocenters. The van der Waals surface area contributed by atoms with Crippen molar-refractivity contribution in [1.29, 1.82) is 0 Å². The minimum atomic E-state index is -3.81. The van der Waals surface area contributed by atoms with Gasteiger partial charge in [0.1, 0.15) is 11.6 Å². The third kappa shape index (κ3) is 6.19. The molecule has 0 aliphatic heterocycles. The van der Waals surface area contributed by atoms with E-state index >= 15 is 0 Å². The molecule has 2 N–H and O–H groups in total. The molecule has 1 amide bonds. The van der Waals surface area contributed by atoms with Crippen LogP contribution in [0.1, 0.15) is 11.5 Å². The van der Waals surface area contributed by atoms with Crippen LogP contribution in [0.3, 0.4) is 0 Å². The maximum absolute atomic E-state index is 12.6. The fourth-order valence-electron chi connectivity index (χ4n) is 2.56. The first kappa shape index (κ1) is 22.1. The number of hydrogen-bond donors (Lipinski definition) is 2. The van der Waals surface area contributed by atoms with Crippen LogP contribution in [-0.2, 0) is 14.8 Å². The molecule has 0 atom stereocenters. The van der Waals surface area contributed by atoms with Gasteiger partial charge in [-0.3, -0.25) is 9.52 Å². The molecule has 1 heterocycles. The highest BCUT2D eigenvalue weighted by molar-refractivity contribution is 8.00. The van der Waals surface area contributed by atoms with E-state index in [2.05, 4.69) is 20.0 Å². The van der Waals surface area contributed by atoms with Crippen LogP contribution in [0.5, 0.6) is 0 Å². The van der Waals surface area contributed by atoms with Crippen LogP contribution in [0.2, 0.25) is 5.02 Å². The van der Waals surface area contributed by atoms with Crippen molar-refractivity contribution in [1.82, 2.24) is 9.97 Å². The molecule has 0 bridgehead atoms. The summed E-state index contributed by atoms with van der Waals surface area (Å²) < 4.78 is 27.6. The SMILES string of the molecule is Cc1cc(NS(=O)(=O)c2ccc(NC(=O)CSc3ccc(Cl)cc3)cc2)nc(C)n1. The Morgan fingerprint density at radius 1 is 1.03 bits per heavy atom. The predicted molar refractivity (Wildman–Crippen MR) is 120 cm³/mol. The number of aryl methyl sites for hydroxylation is 2. The Hall–Kier alpha value is -2.62. The van der Waals surface area contributed by atoms with Gasteiger partial charge in [0, 0.05) is 27.4 Å². The van der Waals surface area contributed by atoms with Gasteiger partial charge in [-0.15, -0.1) is 11.8 Å². The summed E-state index contributed by atoms with van der Waals surface area (Å²) in [5.41, 5.74) is 1.17. The van der Waals surface area contributed by atoms with E-state index in [-0.39, 0.29) is 22.4 Å². The van der Waals surface area contributed by atoms with Crippen LogP contribution >= 0.6 is 23.4 Å². The van der Waals surface area contributed by atoms with Gasteiger partial charge >= 0.3 is 0 Å². The highest BCUT2D eigenvalue weighted by atomic mass is 35.5. The van der Waals surface area contributed by atoms with Gasteiger partial charge in [-0.1, -0.05) is 11.6 Å². The number of hydrogen-bond acceptors (Lipinski definition) is 6. The van der Waals surface area contributed by atoms with Crippen molar-refractivity contribution < 1.29 is 13.2 Å². The summed E-state index contributed by atoms with van der Waals surface area (Å²) in [5, 5.41) is 3.38. The Balaban J connectivity index is 1.60. The normalized spacial score (nSPS) is 11.2. The second kappa shape index (κ2) is 9.46. The summed E-state index contributed by atoms with van der Waals surface area (Å²) in [4.78, 5) is 21.3. The first-order valence-electron chi connectivity index (χ1n) is 8.85. The number of amides is 1. The fraction of sp³-hybridized carbons (Fsp3) is 0.150. The zero-order chi connectivity index (χ0) is 21.7. The molecule has 0 radical (unpaired) electrons. The summed E-state index contributed by atoms with van der Waals surface area (Å²) in [6.45, 7) is 3.45. The summed E-state index contributed by atoms with van der Waals surface area (Å²) in [5.74, 6) is 0.699. The lowest BCUT2D eigenvalue weighted by molar-refractivity contribution is -0.113. The monoisotopic (exact) mass is 462 g/mol. The van der Waals surface area contributed by atoms with Gasteiger partial charge in [-0.25, -0.2) is 18.4 Å². The number of rotatable bonds is 7. The zero-order valence-corrected chi connectivity index (χ0v) is 18.6. The molecule has 0 saturated heterocycles. The molecule has 156 valence electrons. The van der Waals surface area contributed by atoms with Crippen LogP contribution in [0.25, 0.3) is 0 Å². The van der Waals surface area contributed by atoms with E-state index in [0.29, 0.717) is 22.2 Å². The smallest absolute Gasteiger partial charge is 0.263 e. The van der Waals surface area contributed by atoms with E-state index in [1.807, 2.05) is 12.1 Å². The number of nitrogens with zero attached hydrogens (tertiary/aromatic N) is 2. The molecule has 1 aromatic heterocycles. The van der Waals surface area contributed by atoms with E-state index in [1.165, 1.54) is 36.0 Å². The van der Waals surface area contributed by atoms with Gasteiger partial charge in [0.15, 0.2) is 0 Å². The fourth-order valence-corrected chi connectivity index (χ4v) is 4.38. The number of halogens is 1. The maximum Gasteiger partial charge on any atom is 0.263 e. The number of carbonyl (C=O) groups excluding carboxylic acids is 1. The van der Waals surface area contributed by atoms with Crippen molar-refractivity contribution in [3.05, 3.63) is 71.1 Å². The minimum Gasteiger partial charge on any atom is -0.325 e. The van der Waals surface area contributed by atoms with Crippen LogP contribution < -0.4 is 10.0 Å². The number of carbonyl (C=O) groups is 1. The highest BCUT2D eigenvalue weighted by Gasteiger charge is 2.16. The molecule has 10 heteroatoms. The summed E-state index contributed by atoms with van der Waals surface area (Å²) >= 11 is 7.22. The Morgan fingerprint density at radius 3 is 2.33 bits per heavy atom. The standard InChI is InChI=1S/C20H19ClN4O3S2/c1-13-11-19(23-14(2)22-13)25-30(27,28)18-9-5-16(6-10-18)24-20(26)12-29-17-7-3-15(21)4-8-17/h3-11H,12H2,1-2H3,(H,24,26)(H,22,23,25). The van der Waals surface area contributed by atoms with E-state index < -0.39 is 10.0 Å². The van der Waals surface area contributed by atoms with Gasteiger partial charge in [0.2, 0.25) is 5.91 Å². The van der Waals surface area contributed by atoms with Crippen LogP contribution in [-0.4, -0.2) is 30.0 Å². The molecule has 0 fully saturated rings. The third-order valence-corrected chi connectivity index (χ3v) is 6.47. The maximum atomic E-state index is 12.6. The highest BCUT2D eigenvalue weighted by Crippen LogP contribution is 2.21. The van der Waals surface area contributed by atoms with Crippen molar-refractivity contribution in [2.75, 3.05) is 15.8 Å². The summed E-state index contributed by atoms with van der Waals surface area (Å²) in [7, 11) is -3.81. The molecule has 0 saturated carbocycles. The molecule has 7 nitrogen and oxygen atoms in total. The van der Waals surface area contributed by atoms with E-state index in [4.69, 9.17) is 11.6 Å². The minimum absolute atomic E-state index is 0.0601. The molecule has 0 aliphatic rings. The molecule has 3 aromatic rings. The molecule has 0 aliphatic carbocycles. The molecule has 2 aromatic carbocycles. The number of sulfonamides is 1. The Bertz CT molecular complexity index is 1130. The van der Waals surface area contributed by atoms with Crippen LogP contribution in [0, 0.1) is 13.8 Å².